The SMILES string of the molecule is Cc1cccc(C)c1N1CC[C@@H](N2CN(Cc3ccccc3C(F)(F)F)C3=C2C=CNC3)C1. The van der Waals surface area contributed by atoms with Gasteiger partial charge in [0, 0.05) is 31.4 Å². The first-order valence-corrected chi connectivity index (χ1v) is 11.4. The van der Waals surface area contributed by atoms with Gasteiger partial charge in [0.15, 0.2) is 0 Å². The molecule has 0 bridgehead atoms. The van der Waals surface area contributed by atoms with Crippen molar-refractivity contribution in [2.45, 2.75) is 39.0 Å². The third-order valence-corrected chi connectivity index (χ3v) is 6.98. The number of nitrogens with one attached hydrogen (secondary N) is 1. The normalized spacial score (nSPS) is 20.5. The fourth-order valence-electron chi connectivity index (χ4n) is 5.46. The monoisotopic (exact) mass is 454 g/mol. The van der Waals surface area contributed by atoms with Crippen LogP contribution in [0.25, 0.3) is 0 Å². The van der Waals surface area contributed by atoms with Crippen molar-refractivity contribution >= 4 is 5.69 Å². The number of alkyl halides is 3. The number of allylic oxidation sites excluding steroid dienone is 1. The van der Waals surface area contributed by atoms with Gasteiger partial charge in [0.05, 0.1) is 30.2 Å². The van der Waals surface area contributed by atoms with E-state index in [1.54, 1.807) is 12.1 Å². The fraction of sp³-hybridized carbons (Fsp3) is 0.385. The number of rotatable bonds is 4. The minimum atomic E-state index is -4.35. The average Bonchev–Trinajstić information content (AvgIpc) is 3.39. The van der Waals surface area contributed by atoms with Crippen LogP contribution in [-0.4, -0.2) is 42.1 Å². The molecule has 0 spiro atoms. The second-order valence-corrected chi connectivity index (χ2v) is 9.14. The summed E-state index contributed by atoms with van der Waals surface area (Å²) in [6.07, 6.45) is 0.682. The molecule has 5 rings (SSSR count). The molecule has 3 heterocycles. The highest BCUT2D eigenvalue weighted by Crippen LogP contribution is 2.37. The number of hydrogen-bond donors (Lipinski definition) is 1. The minimum Gasteiger partial charge on any atom is -0.385 e. The lowest BCUT2D eigenvalue weighted by molar-refractivity contribution is -0.138. The Kier molecular flexibility index (Phi) is 5.51. The molecule has 174 valence electrons. The van der Waals surface area contributed by atoms with E-state index < -0.39 is 11.7 Å². The van der Waals surface area contributed by atoms with Gasteiger partial charge >= 0.3 is 6.18 Å². The number of para-hydroxylation sites is 1. The van der Waals surface area contributed by atoms with E-state index in [0.29, 0.717) is 24.8 Å². The van der Waals surface area contributed by atoms with Gasteiger partial charge in [-0.3, -0.25) is 0 Å². The Morgan fingerprint density at radius 3 is 2.55 bits per heavy atom. The van der Waals surface area contributed by atoms with Crippen LogP contribution in [-0.2, 0) is 12.7 Å². The number of anilines is 1. The van der Waals surface area contributed by atoms with Crippen molar-refractivity contribution in [3.05, 3.63) is 88.4 Å². The van der Waals surface area contributed by atoms with E-state index in [1.165, 1.54) is 28.9 Å². The van der Waals surface area contributed by atoms with Crippen LogP contribution < -0.4 is 10.2 Å². The van der Waals surface area contributed by atoms with Crippen molar-refractivity contribution in [1.29, 1.82) is 0 Å². The summed E-state index contributed by atoms with van der Waals surface area (Å²) < 4.78 is 40.7. The van der Waals surface area contributed by atoms with Crippen molar-refractivity contribution in [1.82, 2.24) is 15.1 Å². The number of halogens is 3. The molecule has 4 nitrogen and oxygen atoms in total. The van der Waals surface area contributed by atoms with Gasteiger partial charge in [0.25, 0.3) is 0 Å². The number of benzene rings is 2. The van der Waals surface area contributed by atoms with Gasteiger partial charge in [-0.15, -0.1) is 0 Å². The summed E-state index contributed by atoms with van der Waals surface area (Å²) in [5, 5.41) is 3.24. The Morgan fingerprint density at radius 1 is 1.03 bits per heavy atom. The summed E-state index contributed by atoms with van der Waals surface area (Å²) in [5.41, 5.74) is 5.84. The number of nitrogens with zero attached hydrogens (tertiary/aromatic N) is 3. The summed E-state index contributed by atoms with van der Waals surface area (Å²) >= 11 is 0. The van der Waals surface area contributed by atoms with E-state index >= 15 is 0 Å². The first-order valence-electron chi connectivity index (χ1n) is 11.4. The lowest BCUT2D eigenvalue weighted by Crippen LogP contribution is -2.38. The Morgan fingerprint density at radius 2 is 1.79 bits per heavy atom. The first-order chi connectivity index (χ1) is 15.8. The molecule has 1 atom stereocenters. The van der Waals surface area contributed by atoms with Crippen LogP contribution in [0.15, 0.2) is 66.1 Å². The smallest absolute Gasteiger partial charge is 0.385 e. The zero-order chi connectivity index (χ0) is 23.2. The molecule has 1 N–H and O–H groups in total. The molecule has 1 saturated heterocycles. The summed E-state index contributed by atoms with van der Waals surface area (Å²) in [4.78, 5) is 6.94. The van der Waals surface area contributed by atoms with Crippen LogP contribution in [0.2, 0.25) is 0 Å². The molecule has 7 heteroatoms. The summed E-state index contributed by atoms with van der Waals surface area (Å²) in [6.45, 7) is 7.68. The minimum absolute atomic E-state index is 0.244. The van der Waals surface area contributed by atoms with Crippen molar-refractivity contribution in [3.63, 3.8) is 0 Å². The third-order valence-electron chi connectivity index (χ3n) is 6.98. The van der Waals surface area contributed by atoms with Crippen molar-refractivity contribution in [2.24, 2.45) is 0 Å². The molecule has 0 saturated carbocycles. The molecule has 0 amide bonds. The number of dihydropyridines is 1. The Labute approximate surface area is 193 Å². The predicted molar refractivity (Wildman–Crippen MR) is 124 cm³/mol. The topological polar surface area (TPSA) is 21.8 Å². The molecule has 0 aliphatic carbocycles. The van der Waals surface area contributed by atoms with E-state index in [9.17, 15) is 13.2 Å². The highest BCUT2D eigenvalue weighted by atomic mass is 19.4. The largest absolute Gasteiger partial charge is 0.416 e. The van der Waals surface area contributed by atoms with Gasteiger partial charge in [0.1, 0.15) is 0 Å². The molecule has 0 aromatic heterocycles. The summed E-state index contributed by atoms with van der Waals surface area (Å²) in [6, 6.07) is 12.6. The molecule has 3 aliphatic heterocycles. The molecule has 2 aromatic carbocycles. The predicted octanol–water partition coefficient (Wildman–Crippen LogP) is 5.00. The van der Waals surface area contributed by atoms with Crippen molar-refractivity contribution in [2.75, 3.05) is 31.2 Å². The Bertz CT molecular complexity index is 1080. The molecule has 0 unspecified atom stereocenters. The number of aryl methyl sites for hydroxylation is 2. The van der Waals surface area contributed by atoms with Crippen molar-refractivity contribution < 1.29 is 13.2 Å². The van der Waals surface area contributed by atoms with Gasteiger partial charge in [-0.1, -0.05) is 36.4 Å². The van der Waals surface area contributed by atoms with E-state index in [1.807, 2.05) is 6.20 Å². The van der Waals surface area contributed by atoms with Crippen molar-refractivity contribution in [3.8, 4) is 0 Å². The highest BCUT2D eigenvalue weighted by Gasteiger charge is 2.38. The van der Waals surface area contributed by atoms with E-state index in [2.05, 4.69) is 58.1 Å². The van der Waals surface area contributed by atoms with Gasteiger partial charge < -0.3 is 20.0 Å². The first kappa shape index (κ1) is 21.7. The van der Waals surface area contributed by atoms with Crippen LogP contribution >= 0.6 is 0 Å². The molecule has 2 aromatic rings. The average molecular weight is 455 g/mol. The molecule has 0 radical (unpaired) electrons. The Hall–Kier alpha value is -3.09. The lowest BCUT2D eigenvalue weighted by Gasteiger charge is -2.30. The second-order valence-electron chi connectivity index (χ2n) is 9.14. The van der Waals surface area contributed by atoms with E-state index in [0.717, 1.165) is 30.9 Å². The third kappa shape index (κ3) is 4.05. The maximum absolute atomic E-state index is 13.6. The van der Waals surface area contributed by atoms with Gasteiger partial charge in [0.2, 0.25) is 0 Å². The zero-order valence-electron chi connectivity index (χ0n) is 19.0. The second kappa shape index (κ2) is 8.36. The summed E-state index contributed by atoms with van der Waals surface area (Å²) in [5.74, 6) is 0. The van der Waals surface area contributed by atoms with Gasteiger partial charge in [-0.05, 0) is 55.3 Å². The zero-order valence-corrected chi connectivity index (χ0v) is 19.0. The fourth-order valence-corrected chi connectivity index (χ4v) is 5.46. The lowest BCUT2D eigenvalue weighted by atomic mass is 10.1. The van der Waals surface area contributed by atoms with Crippen LogP contribution in [0.4, 0.5) is 18.9 Å². The van der Waals surface area contributed by atoms with Crippen LogP contribution in [0.1, 0.15) is 28.7 Å². The molecular weight excluding hydrogens is 425 g/mol. The van der Waals surface area contributed by atoms with Gasteiger partial charge in [-0.25, -0.2) is 0 Å². The van der Waals surface area contributed by atoms with Gasteiger partial charge in [-0.2, -0.15) is 13.2 Å². The van der Waals surface area contributed by atoms with Crippen LogP contribution in [0, 0.1) is 13.8 Å². The van der Waals surface area contributed by atoms with E-state index in [4.69, 9.17) is 0 Å². The Balaban J connectivity index is 1.38. The molecule has 1 fully saturated rings. The maximum atomic E-state index is 13.6. The standard InChI is InChI=1S/C26H29F3N4/c1-18-6-5-7-19(2)25(18)31-13-11-21(16-31)33-17-32(24-14-30-12-10-23(24)33)15-20-8-3-4-9-22(20)26(27,28)29/h3-10,12,21,30H,11,13-17H2,1-2H3/t21-/m1/s1. The van der Waals surface area contributed by atoms with Crippen LogP contribution in [0.3, 0.4) is 0 Å². The quantitative estimate of drug-likeness (QED) is 0.702. The number of hydrogen-bond acceptors (Lipinski definition) is 4. The molecule has 33 heavy (non-hydrogen) atoms. The van der Waals surface area contributed by atoms with E-state index in [-0.39, 0.29) is 6.54 Å². The highest BCUT2D eigenvalue weighted by molar-refractivity contribution is 5.59. The molecule has 3 aliphatic rings. The summed E-state index contributed by atoms with van der Waals surface area (Å²) in [7, 11) is 0. The van der Waals surface area contributed by atoms with Crippen LogP contribution in [0.5, 0.6) is 0 Å². The maximum Gasteiger partial charge on any atom is 0.416 e. The molecular formula is C26H29F3N4.